The second-order valence-electron chi connectivity index (χ2n) is 5.75. The average Bonchev–Trinajstić information content (AvgIpc) is 2.58. The Morgan fingerprint density at radius 1 is 0.880 bits per heavy atom. The van der Waals surface area contributed by atoms with Crippen LogP contribution in [0.5, 0.6) is 0 Å². The van der Waals surface area contributed by atoms with Gasteiger partial charge in [0.15, 0.2) is 0 Å². The topological polar surface area (TPSA) is 60.9 Å². The smallest absolute Gasteiger partial charge is 0.254 e. The third kappa shape index (κ3) is 13.2. The van der Waals surface area contributed by atoms with Gasteiger partial charge < -0.3 is 9.80 Å². The van der Waals surface area contributed by atoms with Crippen molar-refractivity contribution in [1.82, 2.24) is 12.9 Å². The molecular formula is C18H38IN3O3. The minimum Gasteiger partial charge on any atom is -0.333 e. The molecule has 1 atom stereocenters. The van der Waals surface area contributed by atoms with E-state index in [2.05, 4.69) is 0 Å². The number of likely N-dealkylation sites (N-methyl/N-ethyl adjacent to an activating group) is 2. The lowest BCUT2D eigenvalue weighted by molar-refractivity contribution is -0.144. The highest BCUT2D eigenvalue weighted by atomic mass is 127. The lowest BCUT2D eigenvalue weighted by Crippen LogP contribution is -2.49. The van der Waals surface area contributed by atoms with Crippen LogP contribution in [0.3, 0.4) is 0 Å². The molecule has 0 aromatic carbocycles. The van der Waals surface area contributed by atoms with Crippen molar-refractivity contribution in [3.63, 3.8) is 0 Å². The van der Waals surface area contributed by atoms with Gasteiger partial charge in [-0.25, -0.2) is 0 Å². The van der Waals surface area contributed by atoms with E-state index in [9.17, 15) is 14.4 Å². The first-order chi connectivity index (χ1) is 11.6. The van der Waals surface area contributed by atoms with Crippen LogP contribution in [0.25, 0.3) is 0 Å². The zero-order chi connectivity index (χ0) is 20.7. The van der Waals surface area contributed by atoms with Gasteiger partial charge in [0.25, 0.3) is 5.91 Å². The van der Waals surface area contributed by atoms with Crippen molar-refractivity contribution in [2.75, 3.05) is 34.2 Å². The summed E-state index contributed by atoms with van der Waals surface area (Å²) in [6.07, 6.45) is 0.0509. The van der Waals surface area contributed by atoms with Crippen LogP contribution in [0.1, 0.15) is 54.9 Å². The van der Waals surface area contributed by atoms with Gasteiger partial charge in [-0.2, -0.15) is 0 Å². The summed E-state index contributed by atoms with van der Waals surface area (Å²) in [5.41, 5.74) is 0. The molecule has 0 aliphatic carbocycles. The molecule has 0 saturated heterocycles. The Labute approximate surface area is 168 Å². The fraction of sp³-hybridized carbons (Fsp3) is 0.833. The molecule has 0 aromatic heterocycles. The minimum absolute atomic E-state index is 0.0509. The van der Waals surface area contributed by atoms with Crippen LogP contribution in [-0.2, 0) is 14.4 Å². The summed E-state index contributed by atoms with van der Waals surface area (Å²) in [5, 5.41) is 0. The number of halogens is 1. The van der Waals surface area contributed by atoms with E-state index in [1.807, 2.05) is 69.6 Å². The number of Topliss-reactive ketones (excluding diaryl/α,β-unsaturated/α-hetero) is 1. The van der Waals surface area contributed by atoms with Crippen molar-refractivity contribution in [1.29, 1.82) is 0 Å². The summed E-state index contributed by atoms with van der Waals surface area (Å²) in [4.78, 5) is 39.4. The zero-order valence-corrected chi connectivity index (χ0v) is 19.9. The largest absolute Gasteiger partial charge is 0.333 e. The summed E-state index contributed by atoms with van der Waals surface area (Å²) >= 11 is 1.94. The molecule has 0 aliphatic rings. The normalized spacial score (nSPS) is 10.9. The van der Waals surface area contributed by atoms with Crippen molar-refractivity contribution >= 4 is 40.5 Å². The number of ketones is 1. The van der Waals surface area contributed by atoms with Crippen LogP contribution >= 0.6 is 22.9 Å². The highest BCUT2D eigenvalue weighted by Gasteiger charge is 2.31. The van der Waals surface area contributed by atoms with Crippen LogP contribution in [0, 0.1) is 5.92 Å². The van der Waals surface area contributed by atoms with Crippen LogP contribution in [-0.4, -0.2) is 70.8 Å². The fourth-order valence-corrected chi connectivity index (χ4v) is 2.32. The molecule has 0 bridgehead atoms. The summed E-state index contributed by atoms with van der Waals surface area (Å²) in [5.74, 6) is -0.646. The molecule has 0 heterocycles. The Morgan fingerprint density at radius 2 is 1.32 bits per heavy atom. The standard InChI is InChI=1S/C14H26IN3O3.2C2H6/c1-10(2)13(20)17(6)12(9-11(3)19)14(21)18(15)8-7-16(4)5;2*1-2/h10,12H,7-9H2,1-6H3;2*1-2H3/t12-;;/m0../s1. The second kappa shape index (κ2) is 16.8. The third-order valence-electron chi connectivity index (χ3n) is 3.06. The first-order valence-corrected chi connectivity index (χ1v) is 9.92. The molecular weight excluding hydrogens is 433 g/mol. The summed E-state index contributed by atoms with van der Waals surface area (Å²) in [7, 11) is 5.44. The molecule has 0 aliphatic heterocycles. The van der Waals surface area contributed by atoms with E-state index < -0.39 is 6.04 Å². The Bertz CT molecular complexity index is 388. The van der Waals surface area contributed by atoms with Crippen molar-refractivity contribution in [2.45, 2.75) is 60.9 Å². The Hall–Kier alpha value is -0.700. The van der Waals surface area contributed by atoms with Gasteiger partial charge in [-0.1, -0.05) is 41.5 Å². The third-order valence-corrected chi connectivity index (χ3v) is 4.02. The maximum atomic E-state index is 12.5. The van der Waals surface area contributed by atoms with Gasteiger partial charge in [-0.05, 0) is 21.0 Å². The minimum atomic E-state index is -0.725. The van der Waals surface area contributed by atoms with Gasteiger partial charge in [0.2, 0.25) is 5.91 Å². The summed E-state index contributed by atoms with van der Waals surface area (Å²) < 4.78 is 1.55. The molecule has 0 unspecified atom stereocenters. The summed E-state index contributed by atoms with van der Waals surface area (Å²) in [6.45, 7) is 14.3. The van der Waals surface area contributed by atoms with E-state index in [0.29, 0.717) is 6.54 Å². The number of rotatable bonds is 8. The lowest BCUT2D eigenvalue weighted by atomic mass is 10.1. The molecule has 7 heteroatoms. The van der Waals surface area contributed by atoms with E-state index >= 15 is 0 Å². The molecule has 2 amide bonds. The Balaban J connectivity index is -0.00000112. The first-order valence-electron chi connectivity index (χ1n) is 8.95. The van der Waals surface area contributed by atoms with E-state index in [4.69, 9.17) is 0 Å². The van der Waals surface area contributed by atoms with Gasteiger partial charge in [0, 0.05) is 32.5 Å². The monoisotopic (exact) mass is 471 g/mol. The maximum Gasteiger partial charge on any atom is 0.254 e. The van der Waals surface area contributed by atoms with E-state index in [0.717, 1.165) is 6.54 Å². The second-order valence-corrected chi connectivity index (χ2v) is 6.92. The van der Waals surface area contributed by atoms with Gasteiger partial charge >= 0.3 is 0 Å². The SMILES string of the molecule is CC.CC.CC(=O)C[C@@H](C(=O)N(I)CCN(C)C)N(C)C(=O)C(C)C. The van der Waals surface area contributed by atoms with Crippen LogP contribution < -0.4 is 0 Å². The molecule has 0 spiro atoms. The number of carbonyl (C=O) groups excluding carboxylic acids is 3. The van der Waals surface area contributed by atoms with Crippen molar-refractivity contribution in [2.24, 2.45) is 5.92 Å². The maximum absolute atomic E-state index is 12.5. The molecule has 150 valence electrons. The van der Waals surface area contributed by atoms with Crippen molar-refractivity contribution in [3.8, 4) is 0 Å². The molecule has 0 radical (unpaired) electrons. The fourth-order valence-electron chi connectivity index (χ4n) is 1.78. The first kappa shape index (κ1) is 29.1. The molecule has 0 aromatic rings. The van der Waals surface area contributed by atoms with Crippen molar-refractivity contribution in [3.05, 3.63) is 0 Å². The van der Waals surface area contributed by atoms with Crippen molar-refractivity contribution < 1.29 is 14.4 Å². The Kier molecular flexibility index (Phi) is 19.5. The molecule has 0 saturated carbocycles. The van der Waals surface area contributed by atoms with Gasteiger partial charge in [0.05, 0.1) is 22.9 Å². The molecule has 0 fully saturated rings. The summed E-state index contributed by atoms with van der Waals surface area (Å²) in [6, 6.07) is -0.725. The molecule has 0 rings (SSSR count). The van der Waals surface area contributed by atoms with E-state index in [-0.39, 0.29) is 29.9 Å². The number of carbonyl (C=O) groups is 3. The van der Waals surface area contributed by atoms with Crippen LogP contribution in [0.2, 0.25) is 0 Å². The van der Waals surface area contributed by atoms with Gasteiger partial charge in [-0.15, -0.1) is 0 Å². The van der Waals surface area contributed by atoms with E-state index in [1.165, 1.54) is 11.8 Å². The molecule has 6 nitrogen and oxygen atoms in total. The average molecular weight is 471 g/mol. The van der Waals surface area contributed by atoms with Crippen LogP contribution in [0.15, 0.2) is 0 Å². The van der Waals surface area contributed by atoms with E-state index in [1.54, 1.807) is 24.0 Å². The van der Waals surface area contributed by atoms with Crippen LogP contribution in [0.4, 0.5) is 0 Å². The number of amides is 2. The lowest BCUT2D eigenvalue weighted by Gasteiger charge is -2.30. The quantitative estimate of drug-likeness (QED) is 0.403. The highest BCUT2D eigenvalue weighted by molar-refractivity contribution is 14.1. The molecule has 25 heavy (non-hydrogen) atoms. The Morgan fingerprint density at radius 3 is 1.64 bits per heavy atom. The number of nitrogens with zero attached hydrogens (tertiary/aromatic N) is 3. The number of hydrogen-bond donors (Lipinski definition) is 0. The van der Waals surface area contributed by atoms with Gasteiger partial charge in [-0.3, -0.25) is 17.5 Å². The zero-order valence-electron chi connectivity index (χ0n) is 17.7. The highest BCUT2D eigenvalue weighted by Crippen LogP contribution is 2.14. The predicted molar refractivity (Wildman–Crippen MR) is 114 cm³/mol. The number of hydrogen-bond acceptors (Lipinski definition) is 4. The predicted octanol–water partition coefficient (Wildman–Crippen LogP) is 3.24. The molecule has 0 N–H and O–H groups in total. The van der Waals surface area contributed by atoms with Gasteiger partial charge in [0.1, 0.15) is 11.8 Å².